The van der Waals surface area contributed by atoms with Gasteiger partial charge in [-0.3, -0.25) is 4.68 Å². The smallest absolute Gasteiger partial charge is 0.0688 e. The average molecular weight is 228 g/mol. The average Bonchev–Trinajstić information content (AvgIpc) is 2.57. The summed E-state index contributed by atoms with van der Waals surface area (Å²) in [5, 5.41) is 5.83. The highest BCUT2D eigenvalue weighted by Gasteiger charge is 2.22. The Kier molecular flexibility index (Phi) is 2.29. The van der Waals surface area contributed by atoms with Crippen LogP contribution >= 0.6 is 0 Å². The molecule has 0 N–H and O–H groups in total. The third-order valence-electron chi connectivity index (χ3n) is 3.89. The summed E-state index contributed by atoms with van der Waals surface area (Å²) in [6.45, 7) is 6.79. The first-order valence-electron chi connectivity index (χ1n) is 6.53. The maximum Gasteiger partial charge on any atom is 0.0688 e. The monoisotopic (exact) mass is 228 g/mol. The minimum atomic E-state index is 0.211. The number of hydrogen-bond acceptors (Lipinski definition) is 1. The molecule has 0 spiro atoms. The molecular formula is C15H20N2. The predicted molar refractivity (Wildman–Crippen MR) is 71.3 cm³/mol. The summed E-state index contributed by atoms with van der Waals surface area (Å²) in [7, 11) is 0. The molecule has 0 atom stereocenters. The van der Waals surface area contributed by atoms with E-state index in [4.69, 9.17) is 0 Å². The Morgan fingerprint density at radius 1 is 1.24 bits per heavy atom. The minimum absolute atomic E-state index is 0.211. The van der Waals surface area contributed by atoms with E-state index in [1.165, 1.54) is 35.7 Å². The molecule has 2 nitrogen and oxygen atoms in total. The molecule has 1 aromatic heterocycles. The van der Waals surface area contributed by atoms with Crippen molar-refractivity contribution in [2.24, 2.45) is 0 Å². The zero-order chi connectivity index (χ0) is 12.0. The second-order valence-corrected chi connectivity index (χ2v) is 6.20. The first kappa shape index (κ1) is 10.8. The Labute approximate surface area is 103 Å². The van der Waals surface area contributed by atoms with Crippen molar-refractivity contribution in [3.63, 3.8) is 0 Å². The van der Waals surface area contributed by atoms with Gasteiger partial charge in [0, 0.05) is 5.39 Å². The molecule has 2 aromatic rings. The fourth-order valence-corrected chi connectivity index (χ4v) is 2.43. The molecule has 3 rings (SSSR count). The Bertz CT molecular complexity index is 542. The van der Waals surface area contributed by atoms with Gasteiger partial charge in [0.25, 0.3) is 0 Å². The lowest BCUT2D eigenvalue weighted by molar-refractivity contribution is 0.297. The van der Waals surface area contributed by atoms with E-state index >= 15 is 0 Å². The van der Waals surface area contributed by atoms with Gasteiger partial charge in [0.15, 0.2) is 0 Å². The van der Waals surface area contributed by atoms with Crippen LogP contribution in [0.25, 0.3) is 10.9 Å². The van der Waals surface area contributed by atoms with Crippen molar-refractivity contribution in [2.75, 3.05) is 0 Å². The summed E-state index contributed by atoms with van der Waals surface area (Å²) in [6.07, 6.45) is 5.93. The highest BCUT2D eigenvalue weighted by atomic mass is 15.3. The fourth-order valence-electron chi connectivity index (χ4n) is 2.43. The molecule has 1 saturated carbocycles. The van der Waals surface area contributed by atoms with Crippen LogP contribution in [0.5, 0.6) is 0 Å². The van der Waals surface area contributed by atoms with Gasteiger partial charge in [-0.15, -0.1) is 0 Å². The summed E-state index contributed by atoms with van der Waals surface area (Å²) in [6, 6.07) is 7.40. The highest BCUT2D eigenvalue weighted by molar-refractivity contribution is 5.79. The lowest BCUT2D eigenvalue weighted by Gasteiger charge is -2.27. The van der Waals surface area contributed by atoms with Gasteiger partial charge in [0.2, 0.25) is 0 Å². The summed E-state index contributed by atoms with van der Waals surface area (Å²) < 4.78 is 2.23. The number of benzene rings is 1. The maximum absolute atomic E-state index is 4.56. The molecule has 0 aliphatic heterocycles. The van der Waals surface area contributed by atoms with Crippen LogP contribution in [-0.4, -0.2) is 9.78 Å². The van der Waals surface area contributed by atoms with Crippen molar-refractivity contribution in [3.8, 4) is 0 Å². The molecule has 0 saturated heterocycles. The molecule has 0 amide bonds. The van der Waals surface area contributed by atoms with Crippen LogP contribution in [0.1, 0.15) is 51.6 Å². The summed E-state index contributed by atoms with van der Waals surface area (Å²) in [4.78, 5) is 0. The molecule has 0 radical (unpaired) electrons. The molecule has 1 aromatic carbocycles. The van der Waals surface area contributed by atoms with Crippen LogP contribution in [0.2, 0.25) is 0 Å². The summed E-state index contributed by atoms with van der Waals surface area (Å²) >= 11 is 0. The van der Waals surface area contributed by atoms with E-state index in [9.17, 15) is 0 Å². The number of aromatic nitrogens is 2. The number of rotatable bonds is 1. The fraction of sp³-hybridized carbons (Fsp3) is 0.533. The normalized spacial score (nSPS) is 17.4. The molecule has 1 aliphatic rings. The van der Waals surface area contributed by atoms with Crippen LogP contribution < -0.4 is 0 Å². The van der Waals surface area contributed by atoms with Crippen LogP contribution in [0.15, 0.2) is 24.4 Å². The van der Waals surface area contributed by atoms with Gasteiger partial charge in [0.1, 0.15) is 0 Å². The SMILES string of the molecule is CC(C)(C)c1ccc2cnn(C3CCC3)c2c1. The van der Waals surface area contributed by atoms with Crippen LogP contribution in [-0.2, 0) is 5.41 Å². The van der Waals surface area contributed by atoms with Gasteiger partial charge in [-0.05, 0) is 36.3 Å². The molecular weight excluding hydrogens is 208 g/mol. The zero-order valence-electron chi connectivity index (χ0n) is 10.9. The van der Waals surface area contributed by atoms with Crippen LogP contribution in [0.3, 0.4) is 0 Å². The Morgan fingerprint density at radius 3 is 2.59 bits per heavy atom. The summed E-state index contributed by atoms with van der Waals surface area (Å²) in [5.74, 6) is 0. The van der Waals surface area contributed by atoms with Gasteiger partial charge >= 0.3 is 0 Å². The van der Waals surface area contributed by atoms with E-state index in [0.717, 1.165) is 0 Å². The zero-order valence-corrected chi connectivity index (χ0v) is 10.9. The molecule has 90 valence electrons. The highest BCUT2D eigenvalue weighted by Crippen LogP contribution is 2.34. The van der Waals surface area contributed by atoms with Crippen molar-refractivity contribution in [1.82, 2.24) is 9.78 Å². The van der Waals surface area contributed by atoms with Crippen molar-refractivity contribution < 1.29 is 0 Å². The van der Waals surface area contributed by atoms with E-state index in [0.29, 0.717) is 6.04 Å². The van der Waals surface area contributed by atoms with E-state index in [1.807, 2.05) is 6.20 Å². The number of hydrogen-bond donors (Lipinski definition) is 0. The van der Waals surface area contributed by atoms with E-state index in [2.05, 4.69) is 48.8 Å². The van der Waals surface area contributed by atoms with Gasteiger partial charge in [0.05, 0.1) is 17.8 Å². The standard InChI is InChI=1S/C15H20N2/c1-15(2,3)12-8-7-11-10-16-17(14(11)9-12)13-5-4-6-13/h7-10,13H,4-6H2,1-3H3. The molecule has 1 aliphatic carbocycles. The molecule has 2 heteroatoms. The lowest BCUT2D eigenvalue weighted by Crippen LogP contribution is -2.18. The van der Waals surface area contributed by atoms with E-state index < -0.39 is 0 Å². The third kappa shape index (κ3) is 1.76. The second kappa shape index (κ2) is 3.59. The van der Waals surface area contributed by atoms with Crippen molar-refractivity contribution in [1.29, 1.82) is 0 Å². The van der Waals surface area contributed by atoms with Crippen LogP contribution in [0.4, 0.5) is 0 Å². The van der Waals surface area contributed by atoms with Crippen LogP contribution in [0, 0.1) is 0 Å². The summed E-state index contributed by atoms with van der Waals surface area (Å²) in [5.41, 5.74) is 2.91. The van der Waals surface area contributed by atoms with Gasteiger partial charge in [-0.25, -0.2) is 0 Å². The number of fused-ring (bicyclic) bond motifs is 1. The van der Waals surface area contributed by atoms with Gasteiger partial charge < -0.3 is 0 Å². The molecule has 1 fully saturated rings. The third-order valence-corrected chi connectivity index (χ3v) is 3.89. The van der Waals surface area contributed by atoms with Gasteiger partial charge in [-0.1, -0.05) is 32.9 Å². The molecule has 0 bridgehead atoms. The van der Waals surface area contributed by atoms with E-state index in [1.54, 1.807) is 0 Å². The quantitative estimate of drug-likeness (QED) is 0.719. The second-order valence-electron chi connectivity index (χ2n) is 6.20. The topological polar surface area (TPSA) is 17.8 Å². The van der Waals surface area contributed by atoms with E-state index in [-0.39, 0.29) is 5.41 Å². The minimum Gasteiger partial charge on any atom is -0.262 e. The van der Waals surface area contributed by atoms with Crippen molar-refractivity contribution >= 4 is 10.9 Å². The Hall–Kier alpha value is -1.31. The molecule has 17 heavy (non-hydrogen) atoms. The predicted octanol–water partition coefficient (Wildman–Crippen LogP) is 4.06. The largest absolute Gasteiger partial charge is 0.262 e. The maximum atomic E-state index is 4.56. The Balaban J connectivity index is 2.12. The Morgan fingerprint density at radius 2 is 2.00 bits per heavy atom. The first-order chi connectivity index (χ1) is 8.05. The van der Waals surface area contributed by atoms with Crippen molar-refractivity contribution in [3.05, 3.63) is 30.0 Å². The van der Waals surface area contributed by atoms with Gasteiger partial charge in [-0.2, -0.15) is 5.10 Å². The lowest BCUT2D eigenvalue weighted by atomic mass is 9.86. The molecule has 1 heterocycles. The first-order valence-corrected chi connectivity index (χ1v) is 6.53. The molecule has 0 unspecified atom stereocenters. The van der Waals surface area contributed by atoms with Crippen molar-refractivity contribution in [2.45, 2.75) is 51.5 Å². The number of nitrogens with zero attached hydrogens (tertiary/aromatic N) is 2.